The summed E-state index contributed by atoms with van der Waals surface area (Å²) in [6.45, 7) is 5.06. The molecule has 0 saturated carbocycles. The van der Waals surface area contributed by atoms with Crippen LogP contribution in [-0.2, 0) is 19.8 Å². The molecule has 40 heavy (non-hydrogen) atoms. The number of rotatable bonds is 4. The van der Waals surface area contributed by atoms with Crippen LogP contribution in [0, 0.1) is 22.0 Å². The number of carbonyl (C=O) groups is 2. The van der Waals surface area contributed by atoms with Gasteiger partial charge in [0.1, 0.15) is 5.60 Å². The second kappa shape index (κ2) is 11.5. The van der Waals surface area contributed by atoms with Gasteiger partial charge in [0.25, 0.3) is 6.04 Å². The van der Waals surface area contributed by atoms with Gasteiger partial charge in [0.2, 0.25) is 0 Å². The van der Waals surface area contributed by atoms with E-state index in [-0.39, 0.29) is 0 Å². The van der Waals surface area contributed by atoms with Crippen LogP contribution in [0.1, 0.15) is 43.4 Å². The molecule has 8 nitrogen and oxygen atoms in total. The molecule has 1 amide bonds. The van der Waals surface area contributed by atoms with Crippen LogP contribution in [-0.4, -0.2) is 46.7 Å². The lowest BCUT2D eigenvalue weighted by atomic mass is 9.73. The number of carbonyl (C=O) groups excluding carboxylic acids is 2. The van der Waals surface area contributed by atoms with Crippen LogP contribution in [0.2, 0.25) is 0 Å². The number of esters is 1. The predicted octanol–water partition coefficient (Wildman–Crippen LogP) is 5.92. The van der Waals surface area contributed by atoms with Crippen molar-refractivity contribution in [2.24, 2.45) is 0 Å². The number of benzene rings is 3. The minimum absolute atomic E-state index is 0.344. The van der Waals surface area contributed by atoms with Gasteiger partial charge in [-0.05, 0) is 56.2 Å². The molecule has 0 aliphatic carbocycles. The quantitative estimate of drug-likeness (QED) is 0.159. The van der Waals surface area contributed by atoms with Crippen molar-refractivity contribution in [1.29, 1.82) is 0 Å². The first-order chi connectivity index (χ1) is 19.0. The molecule has 0 spiro atoms. The lowest BCUT2D eigenvalue weighted by molar-refractivity contribution is -0.525. The van der Waals surface area contributed by atoms with E-state index in [0.717, 1.165) is 9.37 Å². The Morgan fingerprint density at radius 3 is 2.08 bits per heavy atom. The molecule has 1 aliphatic rings. The van der Waals surface area contributed by atoms with Gasteiger partial charge in [-0.3, -0.25) is 15.0 Å². The van der Waals surface area contributed by atoms with Gasteiger partial charge in [0.05, 0.1) is 13.0 Å². The third-order valence-electron chi connectivity index (χ3n) is 6.68. The minimum atomic E-state index is -1.97. The van der Waals surface area contributed by atoms with Crippen LogP contribution in [0.4, 0.5) is 4.79 Å². The first kappa shape index (κ1) is 28.8. The zero-order chi connectivity index (χ0) is 29.1. The fourth-order valence-electron chi connectivity index (χ4n) is 5.20. The zero-order valence-corrected chi connectivity index (χ0v) is 24.1. The largest absolute Gasteiger partial charge is 0.467 e. The van der Waals surface area contributed by atoms with Crippen molar-refractivity contribution < 1.29 is 24.0 Å². The molecule has 1 saturated heterocycles. The molecule has 0 radical (unpaired) electrons. The third kappa shape index (κ3) is 5.45. The Kier molecular flexibility index (Phi) is 8.31. The number of hydrogen-bond donors (Lipinski definition) is 0. The van der Waals surface area contributed by atoms with E-state index in [1.54, 1.807) is 99.6 Å². The maximum Gasteiger partial charge on any atom is 0.412 e. The molecule has 1 heterocycles. The van der Waals surface area contributed by atoms with Gasteiger partial charge in [-0.15, -0.1) is 0 Å². The number of hydrogen-bond acceptors (Lipinski definition) is 6. The Hall–Kier alpha value is -4.16. The Morgan fingerprint density at radius 1 is 0.975 bits per heavy atom. The molecule has 0 bridgehead atoms. The lowest BCUT2D eigenvalue weighted by Crippen LogP contribution is -2.56. The Bertz CT molecular complexity index is 1440. The van der Waals surface area contributed by atoms with Crippen LogP contribution >= 0.6 is 15.9 Å². The maximum absolute atomic E-state index is 14.1. The van der Waals surface area contributed by atoms with Gasteiger partial charge in [0, 0.05) is 15.0 Å². The van der Waals surface area contributed by atoms with Crippen molar-refractivity contribution in [2.75, 3.05) is 7.11 Å². The Morgan fingerprint density at radius 2 is 1.55 bits per heavy atom. The number of halogens is 1. The van der Waals surface area contributed by atoms with Crippen molar-refractivity contribution >= 4 is 28.0 Å². The summed E-state index contributed by atoms with van der Waals surface area (Å²) in [4.78, 5) is 41.8. The molecule has 206 valence electrons. The second-order valence-corrected chi connectivity index (χ2v) is 11.3. The second-order valence-electron chi connectivity index (χ2n) is 10.4. The van der Waals surface area contributed by atoms with Gasteiger partial charge in [-0.25, -0.2) is 9.59 Å². The average molecular weight is 605 g/mol. The summed E-state index contributed by atoms with van der Waals surface area (Å²) in [5.41, 5.74) is -1.52. The average Bonchev–Trinajstić information content (AvgIpc) is 3.24. The summed E-state index contributed by atoms with van der Waals surface area (Å²) in [7, 11) is 1.20. The van der Waals surface area contributed by atoms with E-state index >= 15 is 0 Å². The van der Waals surface area contributed by atoms with E-state index in [2.05, 4.69) is 27.8 Å². The summed E-state index contributed by atoms with van der Waals surface area (Å²) in [6.07, 6.45) is -0.916. The van der Waals surface area contributed by atoms with Crippen LogP contribution in [0.3, 0.4) is 0 Å². The molecular weight excluding hydrogens is 576 g/mol. The first-order valence-corrected chi connectivity index (χ1v) is 13.4. The third-order valence-corrected chi connectivity index (χ3v) is 7.21. The molecule has 0 unspecified atom stereocenters. The predicted molar refractivity (Wildman–Crippen MR) is 153 cm³/mol. The number of methoxy groups -OCH3 is 1. The number of nitrogens with zero attached hydrogens (tertiary/aromatic N) is 2. The normalized spacial score (nSPS) is 22.1. The number of nitro groups is 1. The van der Waals surface area contributed by atoms with E-state index in [9.17, 15) is 19.7 Å². The number of likely N-dealkylation sites (tertiary alicyclic amines) is 1. The van der Waals surface area contributed by atoms with Gasteiger partial charge in [-0.1, -0.05) is 88.4 Å². The van der Waals surface area contributed by atoms with E-state index in [1.165, 1.54) is 7.11 Å². The first-order valence-electron chi connectivity index (χ1n) is 12.6. The number of amides is 1. The van der Waals surface area contributed by atoms with Crippen molar-refractivity contribution in [3.05, 3.63) is 116 Å². The highest BCUT2D eigenvalue weighted by Crippen LogP contribution is 2.54. The van der Waals surface area contributed by atoms with Gasteiger partial charge < -0.3 is 9.47 Å². The van der Waals surface area contributed by atoms with Crippen LogP contribution in [0.25, 0.3) is 0 Å². The topological polar surface area (TPSA) is 99.0 Å². The Labute approximate surface area is 241 Å². The Balaban J connectivity index is 2.12. The fourth-order valence-corrected chi connectivity index (χ4v) is 5.47. The summed E-state index contributed by atoms with van der Waals surface area (Å²) >= 11 is 3.41. The van der Waals surface area contributed by atoms with Crippen LogP contribution < -0.4 is 0 Å². The van der Waals surface area contributed by atoms with Gasteiger partial charge in [-0.2, -0.15) is 0 Å². The van der Waals surface area contributed by atoms with Gasteiger partial charge >= 0.3 is 12.1 Å². The van der Waals surface area contributed by atoms with Crippen molar-refractivity contribution in [2.45, 2.75) is 49.9 Å². The molecule has 1 aliphatic heterocycles. The molecule has 9 heteroatoms. The molecule has 3 aromatic carbocycles. The van der Waals surface area contributed by atoms with Crippen molar-refractivity contribution in [3.63, 3.8) is 0 Å². The smallest absolute Gasteiger partial charge is 0.412 e. The molecular formula is C31H29BrN2O6. The summed E-state index contributed by atoms with van der Waals surface area (Å²) in [5.74, 6) is 3.95. The standard InChI is InChI=1S/C31H29BrN2O6/c1-30(2,3)40-29(36)33-25(20-15-21-11-7-5-8-12-21)27(34(37)38)26(22-16-18-24(32)19-17-22)31(33,28(35)39-4)23-13-9-6-10-14-23/h5-14,16-19,25-27H,1-4H3/t25-,26+,27-,31+/m1/s1. The lowest BCUT2D eigenvalue weighted by Gasteiger charge is -2.40. The molecule has 0 N–H and O–H groups in total. The van der Waals surface area contributed by atoms with E-state index in [1.807, 2.05) is 6.07 Å². The molecule has 3 aromatic rings. The van der Waals surface area contributed by atoms with E-state index in [4.69, 9.17) is 9.47 Å². The van der Waals surface area contributed by atoms with E-state index in [0.29, 0.717) is 16.7 Å². The van der Waals surface area contributed by atoms with Gasteiger partial charge in [0.15, 0.2) is 11.6 Å². The van der Waals surface area contributed by atoms with Crippen LogP contribution in [0.15, 0.2) is 89.4 Å². The van der Waals surface area contributed by atoms with E-state index < -0.39 is 46.1 Å². The molecule has 0 aromatic heterocycles. The van der Waals surface area contributed by atoms with Crippen molar-refractivity contribution in [1.82, 2.24) is 4.90 Å². The molecule has 4 atom stereocenters. The number of ether oxygens (including phenoxy) is 2. The monoisotopic (exact) mass is 604 g/mol. The zero-order valence-electron chi connectivity index (χ0n) is 22.5. The minimum Gasteiger partial charge on any atom is -0.467 e. The highest BCUT2D eigenvalue weighted by molar-refractivity contribution is 9.10. The fraction of sp³-hybridized carbons (Fsp3) is 0.290. The summed E-state index contributed by atoms with van der Waals surface area (Å²) in [6, 6.07) is 21.4. The maximum atomic E-state index is 14.1. The highest BCUT2D eigenvalue weighted by atomic mass is 79.9. The van der Waals surface area contributed by atoms with Crippen molar-refractivity contribution in [3.8, 4) is 11.8 Å². The molecule has 4 rings (SSSR count). The summed E-state index contributed by atoms with van der Waals surface area (Å²) < 4.78 is 11.9. The molecule has 1 fully saturated rings. The highest BCUT2D eigenvalue weighted by Gasteiger charge is 2.71. The van der Waals surface area contributed by atoms with Crippen LogP contribution in [0.5, 0.6) is 0 Å². The SMILES string of the molecule is COC(=O)[C@]1(c2ccccc2)[C@@H](c2ccc(Br)cc2)[C@H]([N+](=O)[O-])[C@@H](C#Cc2ccccc2)N1C(=O)OC(C)(C)C. The summed E-state index contributed by atoms with van der Waals surface area (Å²) in [5, 5.41) is 13.0.